The second-order valence-electron chi connectivity index (χ2n) is 1.42. The molecule has 10 heavy (non-hydrogen) atoms. The Hall–Kier alpha value is -0.850. The van der Waals surface area contributed by atoms with E-state index in [9.17, 15) is 0 Å². The largest absolute Gasteiger partial charge is 0.358 e. The first kappa shape index (κ1) is 7.26. The van der Waals surface area contributed by atoms with Gasteiger partial charge in [-0.25, -0.2) is 4.98 Å². The van der Waals surface area contributed by atoms with Gasteiger partial charge >= 0.3 is 5.82 Å². The molecule has 0 saturated heterocycles. The molecule has 1 aromatic heterocycles. The minimum atomic E-state index is 0.0363. The van der Waals surface area contributed by atoms with E-state index in [0.717, 1.165) is 0 Å². The summed E-state index contributed by atoms with van der Waals surface area (Å²) in [4.78, 5) is 10.2. The molecule has 1 rings (SSSR count). The lowest BCUT2D eigenvalue weighted by molar-refractivity contribution is 1.22. The van der Waals surface area contributed by atoms with Crippen molar-refractivity contribution in [2.24, 2.45) is 0 Å². The zero-order valence-electron chi connectivity index (χ0n) is 4.67. The molecule has 0 aliphatic rings. The SMILES string of the molecule is [C-]#[N+]c1nc(Cl)cnc1Cl. The Morgan fingerprint density at radius 2 is 2.20 bits per heavy atom. The number of hydrogen-bond acceptors (Lipinski definition) is 2. The van der Waals surface area contributed by atoms with Crippen LogP contribution in [0.5, 0.6) is 0 Å². The first-order valence-corrected chi connectivity index (χ1v) is 3.05. The molecule has 1 aromatic rings. The second-order valence-corrected chi connectivity index (χ2v) is 2.16. The van der Waals surface area contributed by atoms with Gasteiger partial charge in [-0.1, -0.05) is 18.2 Å². The summed E-state index contributed by atoms with van der Waals surface area (Å²) in [5.74, 6) is 0.0363. The lowest BCUT2D eigenvalue weighted by atomic mass is 10.7. The van der Waals surface area contributed by atoms with Crippen LogP contribution < -0.4 is 0 Å². The molecule has 0 bridgehead atoms. The highest BCUT2D eigenvalue weighted by atomic mass is 35.5. The third-order valence-electron chi connectivity index (χ3n) is 0.788. The van der Waals surface area contributed by atoms with Crippen LogP contribution >= 0.6 is 23.2 Å². The van der Waals surface area contributed by atoms with Crippen LogP contribution in [0.25, 0.3) is 4.85 Å². The monoisotopic (exact) mass is 173 g/mol. The predicted octanol–water partition coefficient (Wildman–Crippen LogP) is 2.33. The number of rotatable bonds is 0. The smallest absolute Gasteiger partial charge is 0.308 e. The summed E-state index contributed by atoms with van der Waals surface area (Å²) in [6.45, 7) is 6.56. The van der Waals surface area contributed by atoms with Crippen LogP contribution in [-0.2, 0) is 0 Å². The van der Waals surface area contributed by atoms with Crippen LogP contribution in [0.2, 0.25) is 10.3 Å². The van der Waals surface area contributed by atoms with E-state index < -0.39 is 0 Å². The van der Waals surface area contributed by atoms with E-state index >= 15 is 0 Å². The van der Waals surface area contributed by atoms with E-state index in [-0.39, 0.29) is 16.1 Å². The van der Waals surface area contributed by atoms with Crippen molar-refractivity contribution in [2.45, 2.75) is 0 Å². The molecule has 0 aliphatic carbocycles. The Balaban J connectivity index is 3.25. The van der Waals surface area contributed by atoms with Gasteiger partial charge < -0.3 is 4.85 Å². The van der Waals surface area contributed by atoms with E-state index in [1.54, 1.807) is 0 Å². The third-order valence-corrected chi connectivity index (χ3v) is 1.24. The van der Waals surface area contributed by atoms with Crippen LogP contribution in [0, 0.1) is 6.57 Å². The summed E-state index contributed by atoms with van der Waals surface area (Å²) < 4.78 is 0. The fraction of sp³-hybridized carbons (Fsp3) is 0. The Bertz CT molecular complexity index is 291. The molecule has 0 radical (unpaired) electrons. The van der Waals surface area contributed by atoms with Crippen molar-refractivity contribution < 1.29 is 0 Å². The maximum atomic E-state index is 6.56. The third kappa shape index (κ3) is 1.35. The molecule has 0 aliphatic heterocycles. The maximum Gasteiger partial charge on any atom is 0.308 e. The van der Waals surface area contributed by atoms with Crippen molar-refractivity contribution in [1.82, 2.24) is 9.97 Å². The van der Waals surface area contributed by atoms with Crippen LogP contribution in [0.1, 0.15) is 0 Å². The van der Waals surface area contributed by atoms with Crippen LogP contribution in [-0.4, -0.2) is 9.97 Å². The van der Waals surface area contributed by atoms with Gasteiger partial charge in [-0.05, 0) is 11.6 Å². The number of hydrogen-bond donors (Lipinski definition) is 0. The van der Waals surface area contributed by atoms with E-state index in [4.69, 9.17) is 29.8 Å². The van der Waals surface area contributed by atoms with Crippen molar-refractivity contribution >= 4 is 29.0 Å². The zero-order chi connectivity index (χ0) is 7.56. The fourth-order valence-electron chi connectivity index (χ4n) is 0.415. The zero-order valence-corrected chi connectivity index (χ0v) is 6.19. The molecule has 0 fully saturated rings. The Kier molecular flexibility index (Phi) is 2.05. The summed E-state index contributed by atoms with van der Waals surface area (Å²) in [5, 5.41) is 0.259. The molecule has 0 saturated carbocycles. The van der Waals surface area contributed by atoms with Crippen LogP contribution in [0.15, 0.2) is 6.20 Å². The molecule has 0 atom stereocenters. The minimum Gasteiger partial charge on any atom is -0.358 e. The molecular weight excluding hydrogens is 173 g/mol. The lowest BCUT2D eigenvalue weighted by Gasteiger charge is -1.89. The van der Waals surface area contributed by atoms with Crippen molar-refractivity contribution in [2.75, 3.05) is 0 Å². The van der Waals surface area contributed by atoms with Gasteiger partial charge in [0.15, 0.2) is 5.15 Å². The van der Waals surface area contributed by atoms with Crippen molar-refractivity contribution in [3.05, 3.63) is 27.9 Å². The van der Waals surface area contributed by atoms with Gasteiger partial charge in [0.25, 0.3) is 0 Å². The summed E-state index contributed by atoms with van der Waals surface area (Å²) >= 11 is 10.9. The molecule has 50 valence electrons. The van der Waals surface area contributed by atoms with Gasteiger partial charge in [0.05, 0.1) is 6.20 Å². The van der Waals surface area contributed by atoms with Crippen molar-refractivity contribution in [1.29, 1.82) is 0 Å². The Labute approximate surface area is 67.4 Å². The van der Waals surface area contributed by atoms with E-state index in [1.165, 1.54) is 6.20 Å². The summed E-state index contributed by atoms with van der Waals surface area (Å²) in [6.07, 6.45) is 1.29. The normalized spacial score (nSPS) is 8.90. The molecule has 0 N–H and O–H groups in total. The number of aromatic nitrogens is 2. The fourth-order valence-corrected chi connectivity index (χ4v) is 0.677. The Morgan fingerprint density at radius 3 is 2.70 bits per heavy atom. The van der Waals surface area contributed by atoms with Gasteiger partial charge in [-0.15, -0.1) is 4.98 Å². The second kappa shape index (κ2) is 2.82. The predicted molar refractivity (Wildman–Crippen MR) is 38.3 cm³/mol. The summed E-state index contributed by atoms with van der Waals surface area (Å²) in [5.41, 5.74) is 0. The molecule has 0 amide bonds. The van der Waals surface area contributed by atoms with Crippen molar-refractivity contribution in [3.8, 4) is 0 Å². The lowest BCUT2D eigenvalue weighted by Crippen LogP contribution is -1.79. The average Bonchev–Trinajstić information content (AvgIpc) is 1.94. The molecule has 3 nitrogen and oxygen atoms in total. The first-order chi connectivity index (χ1) is 4.74. The topological polar surface area (TPSA) is 30.1 Å². The Morgan fingerprint density at radius 1 is 1.50 bits per heavy atom. The number of nitrogens with zero attached hydrogens (tertiary/aromatic N) is 3. The van der Waals surface area contributed by atoms with E-state index in [2.05, 4.69) is 14.8 Å². The molecular formula is C5HCl2N3. The summed E-state index contributed by atoms with van der Waals surface area (Å²) in [6, 6.07) is 0. The van der Waals surface area contributed by atoms with Crippen LogP contribution in [0.4, 0.5) is 5.82 Å². The maximum absolute atomic E-state index is 6.56. The van der Waals surface area contributed by atoms with E-state index in [0.29, 0.717) is 0 Å². The highest BCUT2D eigenvalue weighted by Gasteiger charge is 2.03. The van der Waals surface area contributed by atoms with Gasteiger partial charge in [0.2, 0.25) is 5.15 Å². The highest BCUT2D eigenvalue weighted by molar-refractivity contribution is 6.33. The molecule has 5 heteroatoms. The van der Waals surface area contributed by atoms with E-state index in [1.807, 2.05) is 0 Å². The van der Waals surface area contributed by atoms with Gasteiger partial charge in [0, 0.05) is 0 Å². The number of halogens is 2. The molecule has 0 unspecified atom stereocenters. The first-order valence-electron chi connectivity index (χ1n) is 2.29. The minimum absolute atomic E-state index is 0.0363. The van der Waals surface area contributed by atoms with Crippen LogP contribution in [0.3, 0.4) is 0 Å². The van der Waals surface area contributed by atoms with Gasteiger partial charge in [0.1, 0.15) is 0 Å². The highest BCUT2D eigenvalue weighted by Crippen LogP contribution is 2.20. The van der Waals surface area contributed by atoms with Gasteiger partial charge in [-0.3, -0.25) is 0 Å². The molecule has 1 heterocycles. The average molecular weight is 174 g/mol. The quantitative estimate of drug-likeness (QED) is 0.565. The molecule has 0 spiro atoms. The van der Waals surface area contributed by atoms with Gasteiger partial charge in [-0.2, -0.15) is 0 Å². The standard InChI is InChI=1S/C5HCl2N3/c1-8-5-4(7)9-2-3(6)10-5/h2H. The van der Waals surface area contributed by atoms with Crippen molar-refractivity contribution in [3.63, 3.8) is 0 Å². The molecule has 0 aromatic carbocycles. The summed E-state index contributed by atoms with van der Waals surface area (Å²) in [7, 11) is 0.